The zero-order valence-corrected chi connectivity index (χ0v) is 15.2. The highest BCUT2D eigenvalue weighted by molar-refractivity contribution is 5.87. The first-order chi connectivity index (χ1) is 14.0. The highest BCUT2D eigenvalue weighted by atomic mass is 16.5. The number of carbonyl (C=O) groups is 1. The van der Waals surface area contributed by atoms with Crippen LogP contribution in [-0.2, 0) is 4.79 Å². The maximum Gasteiger partial charge on any atom is 0.341 e. The first kappa shape index (κ1) is 18.2. The van der Waals surface area contributed by atoms with Crippen molar-refractivity contribution in [2.75, 3.05) is 12.3 Å². The van der Waals surface area contributed by atoms with Gasteiger partial charge in [-0.25, -0.2) is 9.78 Å². The molecule has 0 radical (unpaired) electrons. The van der Waals surface area contributed by atoms with Crippen molar-refractivity contribution in [3.63, 3.8) is 0 Å². The summed E-state index contributed by atoms with van der Waals surface area (Å²) < 4.78 is 5.31. The molecule has 0 aliphatic rings. The lowest BCUT2D eigenvalue weighted by molar-refractivity contribution is -0.139. The van der Waals surface area contributed by atoms with Crippen LogP contribution >= 0.6 is 0 Å². The van der Waals surface area contributed by atoms with Gasteiger partial charge in [0, 0.05) is 22.9 Å². The molecule has 0 saturated heterocycles. The lowest BCUT2D eigenvalue weighted by Crippen LogP contribution is -2.11. The number of ether oxygens (including phenoxy) is 1. The van der Waals surface area contributed by atoms with Gasteiger partial charge in [0.15, 0.2) is 12.4 Å². The maximum atomic E-state index is 10.9. The topological polar surface area (TPSA) is 119 Å². The summed E-state index contributed by atoms with van der Waals surface area (Å²) in [6.45, 7) is -0.510. The summed E-state index contributed by atoms with van der Waals surface area (Å²) in [6.07, 6.45) is 0. The van der Waals surface area contributed by atoms with Crippen LogP contribution in [0.1, 0.15) is 0 Å². The molecule has 0 fully saturated rings. The molecule has 1 aromatic heterocycles. The van der Waals surface area contributed by atoms with Crippen LogP contribution in [0.15, 0.2) is 66.7 Å². The third-order valence-corrected chi connectivity index (χ3v) is 4.31. The monoisotopic (exact) mass is 387 g/mol. The molecule has 0 amide bonds. The molecule has 7 nitrogen and oxygen atoms in total. The molecule has 29 heavy (non-hydrogen) atoms. The van der Waals surface area contributed by atoms with Crippen molar-refractivity contribution in [1.29, 1.82) is 0 Å². The Balaban J connectivity index is 1.83. The molecule has 3 aromatic carbocycles. The van der Waals surface area contributed by atoms with Gasteiger partial charge in [-0.1, -0.05) is 30.3 Å². The van der Waals surface area contributed by atoms with Crippen molar-refractivity contribution in [1.82, 2.24) is 9.97 Å². The number of anilines is 1. The van der Waals surface area contributed by atoms with Crippen LogP contribution in [0.25, 0.3) is 33.4 Å². The number of aromatic hydroxyl groups is 1. The van der Waals surface area contributed by atoms with E-state index >= 15 is 0 Å². The second-order valence-corrected chi connectivity index (χ2v) is 6.47. The number of carboxylic acid groups (broad SMARTS) is 1. The Morgan fingerprint density at radius 2 is 1.72 bits per heavy atom. The van der Waals surface area contributed by atoms with Crippen molar-refractivity contribution < 1.29 is 19.7 Å². The first-order valence-corrected chi connectivity index (χ1v) is 8.81. The van der Waals surface area contributed by atoms with Crippen molar-refractivity contribution in [2.45, 2.75) is 0 Å². The molecule has 0 saturated carbocycles. The Kier molecular flexibility index (Phi) is 4.70. The number of benzene rings is 3. The predicted molar refractivity (Wildman–Crippen MR) is 110 cm³/mol. The number of hydrogen-bond acceptors (Lipinski definition) is 6. The molecular weight excluding hydrogens is 370 g/mol. The Labute approximate surface area is 166 Å². The van der Waals surface area contributed by atoms with E-state index in [0.717, 1.165) is 21.9 Å². The molecule has 4 aromatic rings. The summed E-state index contributed by atoms with van der Waals surface area (Å²) >= 11 is 0. The fourth-order valence-corrected chi connectivity index (χ4v) is 2.98. The van der Waals surface area contributed by atoms with E-state index in [1.54, 1.807) is 36.4 Å². The van der Waals surface area contributed by atoms with E-state index in [-0.39, 0.29) is 11.6 Å². The molecule has 0 aliphatic carbocycles. The minimum absolute atomic E-state index is 0.153. The number of aromatic nitrogens is 2. The molecular formula is C22H17N3O4. The Hall–Kier alpha value is -4.13. The zero-order valence-electron chi connectivity index (χ0n) is 15.2. The van der Waals surface area contributed by atoms with E-state index in [1.165, 1.54) is 0 Å². The van der Waals surface area contributed by atoms with Gasteiger partial charge in [-0.15, -0.1) is 0 Å². The summed E-state index contributed by atoms with van der Waals surface area (Å²) in [4.78, 5) is 19.9. The standard InChI is InChI=1S/C22H17N3O4/c23-17-3-1-2-15(9-17)19-11-20(29-12-21(27)28)25-22(24-19)16-5-4-14-10-18(26)7-6-13(14)8-16/h1-11,26H,12,23H2,(H,27,28). The van der Waals surface area contributed by atoms with Crippen molar-refractivity contribution in [3.05, 3.63) is 66.7 Å². The van der Waals surface area contributed by atoms with Gasteiger partial charge in [-0.3, -0.25) is 0 Å². The molecule has 0 spiro atoms. The molecule has 4 rings (SSSR count). The van der Waals surface area contributed by atoms with E-state index < -0.39 is 12.6 Å². The predicted octanol–water partition coefficient (Wildman–Crippen LogP) is 3.72. The van der Waals surface area contributed by atoms with Crippen molar-refractivity contribution in [2.24, 2.45) is 0 Å². The van der Waals surface area contributed by atoms with Gasteiger partial charge in [-0.05, 0) is 41.1 Å². The Morgan fingerprint density at radius 1 is 0.931 bits per heavy atom. The number of fused-ring (bicyclic) bond motifs is 1. The lowest BCUT2D eigenvalue weighted by atomic mass is 10.1. The van der Waals surface area contributed by atoms with Crippen LogP contribution in [0, 0.1) is 0 Å². The summed E-state index contributed by atoms with van der Waals surface area (Å²) in [5.74, 6) is -0.364. The van der Waals surface area contributed by atoms with Crippen LogP contribution < -0.4 is 10.5 Å². The molecule has 0 bridgehead atoms. The fourth-order valence-electron chi connectivity index (χ4n) is 2.98. The number of carboxylic acids is 1. The highest BCUT2D eigenvalue weighted by Crippen LogP contribution is 2.29. The number of phenols is 1. The van der Waals surface area contributed by atoms with Crippen LogP contribution in [0.2, 0.25) is 0 Å². The minimum atomic E-state index is -1.10. The van der Waals surface area contributed by atoms with Gasteiger partial charge in [-0.2, -0.15) is 4.98 Å². The van der Waals surface area contributed by atoms with E-state index in [0.29, 0.717) is 17.2 Å². The second-order valence-electron chi connectivity index (χ2n) is 6.47. The minimum Gasteiger partial charge on any atom is -0.508 e. The number of nitrogen functional groups attached to an aromatic ring is 1. The quantitative estimate of drug-likeness (QED) is 0.447. The number of aliphatic carboxylic acids is 1. The summed E-state index contributed by atoms with van der Waals surface area (Å²) in [7, 11) is 0. The molecule has 4 N–H and O–H groups in total. The van der Waals surface area contributed by atoms with Gasteiger partial charge in [0.05, 0.1) is 5.69 Å². The average molecular weight is 387 g/mol. The van der Waals surface area contributed by atoms with Gasteiger partial charge < -0.3 is 20.7 Å². The molecule has 0 aliphatic heterocycles. The van der Waals surface area contributed by atoms with E-state index in [2.05, 4.69) is 9.97 Å². The van der Waals surface area contributed by atoms with E-state index in [9.17, 15) is 9.90 Å². The van der Waals surface area contributed by atoms with E-state index in [4.69, 9.17) is 15.6 Å². The SMILES string of the molecule is Nc1cccc(-c2cc(OCC(=O)O)nc(-c3ccc4cc(O)ccc4c3)n2)c1. The molecule has 0 unspecified atom stereocenters. The number of nitrogens with zero attached hydrogens (tertiary/aromatic N) is 2. The van der Waals surface area contributed by atoms with Gasteiger partial charge in [0.1, 0.15) is 5.75 Å². The number of hydrogen-bond donors (Lipinski definition) is 3. The summed E-state index contributed by atoms with van der Waals surface area (Å²) in [6, 6.07) is 19.5. The number of rotatable bonds is 5. The van der Waals surface area contributed by atoms with Crippen LogP contribution in [0.3, 0.4) is 0 Å². The van der Waals surface area contributed by atoms with Crippen LogP contribution in [0.4, 0.5) is 5.69 Å². The fraction of sp³-hybridized carbons (Fsp3) is 0.0455. The molecule has 1 heterocycles. The highest BCUT2D eigenvalue weighted by Gasteiger charge is 2.12. The number of nitrogens with two attached hydrogens (primary N) is 1. The van der Waals surface area contributed by atoms with Crippen molar-refractivity contribution >= 4 is 22.4 Å². The molecule has 7 heteroatoms. The average Bonchev–Trinajstić information content (AvgIpc) is 2.71. The lowest BCUT2D eigenvalue weighted by Gasteiger charge is -2.10. The molecule has 0 atom stereocenters. The van der Waals surface area contributed by atoms with Gasteiger partial charge in [0.25, 0.3) is 0 Å². The summed E-state index contributed by atoms with van der Waals surface area (Å²) in [5.41, 5.74) is 8.53. The zero-order chi connectivity index (χ0) is 20.4. The normalized spacial score (nSPS) is 10.8. The Morgan fingerprint density at radius 3 is 2.52 bits per heavy atom. The van der Waals surface area contributed by atoms with E-state index in [1.807, 2.05) is 30.3 Å². The van der Waals surface area contributed by atoms with Gasteiger partial charge in [0.2, 0.25) is 5.88 Å². The van der Waals surface area contributed by atoms with Crippen LogP contribution in [0.5, 0.6) is 11.6 Å². The largest absolute Gasteiger partial charge is 0.508 e. The van der Waals surface area contributed by atoms with Gasteiger partial charge >= 0.3 is 5.97 Å². The summed E-state index contributed by atoms with van der Waals surface area (Å²) in [5, 5.41) is 20.3. The number of phenolic OH excluding ortho intramolecular Hbond substituents is 1. The second kappa shape index (κ2) is 7.47. The maximum absolute atomic E-state index is 10.9. The molecule has 144 valence electrons. The Bertz CT molecular complexity index is 1220. The smallest absolute Gasteiger partial charge is 0.341 e. The van der Waals surface area contributed by atoms with Crippen LogP contribution in [-0.4, -0.2) is 32.8 Å². The van der Waals surface area contributed by atoms with Crippen molar-refractivity contribution in [3.8, 4) is 34.3 Å². The third-order valence-electron chi connectivity index (χ3n) is 4.31. The first-order valence-electron chi connectivity index (χ1n) is 8.81. The third kappa shape index (κ3) is 4.08.